The number of aryl methyl sites for hydroxylation is 1. The van der Waals surface area contributed by atoms with Crippen LogP contribution in [0.15, 0.2) is 16.9 Å². The van der Waals surface area contributed by atoms with Crippen molar-refractivity contribution in [1.29, 1.82) is 0 Å². The Balaban J connectivity index is 2.73. The van der Waals surface area contributed by atoms with Gasteiger partial charge in [0.05, 0.1) is 17.9 Å². The summed E-state index contributed by atoms with van der Waals surface area (Å²) in [4.78, 5) is 4.00. The normalized spacial score (nSPS) is 13.0. The summed E-state index contributed by atoms with van der Waals surface area (Å²) in [5.74, 6) is 0. The first-order chi connectivity index (χ1) is 6.50. The highest BCUT2D eigenvalue weighted by atomic mass is 79.9. The summed E-state index contributed by atoms with van der Waals surface area (Å²) in [5, 5.41) is 2.68. The maximum absolute atomic E-state index is 12.2. The Morgan fingerprint density at radius 3 is 2.64 bits per heavy atom. The molecule has 2 nitrogen and oxygen atoms in total. The summed E-state index contributed by atoms with van der Waals surface area (Å²) < 4.78 is 25.1. The molecule has 1 aromatic heterocycles. The third kappa shape index (κ3) is 2.90. The zero-order chi connectivity index (χ0) is 10.7. The number of hydrogen-bond donors (Lipinski definition) is 1. The number of alkyl halides is 2. The summed E-state index contributed by atoms with van der Waals surface area (Å²) in [6, 6.07) is 0.910. The average Bonchev–Trinajstić information content (AvgIpc) is 2.11. The predicted molar refractivity (Wildman–Crippen MR) is 55.8 cm³/mol. The van der Waals surface area contributed by atoms with E-state index in [0.29, 0.717) is 5.69 Å². The Morgan fingerprint density at radius 1 is 1.50 bits per heavy atom. The van der Waals surface area contributed by atoms with Crippen LogP contribution in [0.2, 0.25) is 0 Å². The van der Waals surface area contributed by atoms with E-state index in [1.807, 2.05) is 6.92 Å². The number of nitrogens with zero attached hydrogens (tertiary/aromatic N) is 1. The molecule has 0 amide bonds. The monoisotopic (exact) mass is 264 g/mol. The fourth-order valence-corrected chi connectivity index (χ4v) is 1.18. The summed E-state index contributed by atoms with van der Waals surface area (Å²) in [5.41, 5.74) is 1.52. The lowest BCUT2D eigenvalue weighted by atomic mass is 10.2. The van der Waals surface area contributed by atoms with Crippen molar-refractivity contribution in [2.24, 2.45) is 0 Å². The molecule has 0 bridgehead atoms. The lowest BCUT2D eigenvalue weighted by Crippen LogP contribution is -2.23. The molecular formula is C9H11BrF2N2. The largest absolute Gasteiger partial charge is 0.376 e. The van der Waals surface area contributed by atoms with Gasteiger partial charge in [0.25, 0.3) is 6.43 Å². The molecule has 0 aliphatic carbocycles. The maximum atomic E-state index is 12.2. The molecule has 1 aromatic rings. The third-order valence-corrected chi connectivity index (χ3v) is 2.62. The predicted octanol–water partition coefficient (Wildman–Crippen LogP) is 3.22. The van der Waals surface area contributed by atoms with Crippen molar-refractivity contribution in [2.45, 2.75) is 26.3 Å². The van der Waals surface area contributed by atoms with Gasteiger partial charge in [0.2, 0.25) is 0 Å². The molecule has 1 heterocycles. The number of pyridine rings is 1. The zero-order valence-corrected chi connectivity index (χ0v) is 9.48. The fourth-order valence-electron chi connectivity index (χ4n) is 0.963. The van der Waals surface area contributed by atoms with Gasteiger partial charge in [-0.3, -0.25) is 0 Å². The van der Waals surface area contributed by atoms with Gasteiger partial charge in [-0.1, -0.05) is 0 Å². The van der Waals surface area contributed by atoms with Crippen LogP contribution in [0.5, 0.6) is 0 Å². The number of aromatic nitrogens is 1. The first kappa shape index (κ1) is 11.4. The van der Waals surface area contributed by atoms with Crippen LogP contribution in [0, 0.1) is 6.92 Å². The van der Waals surface area contributed by atoms with Crippen molar-refractivity contribution in [1.82, 2.24) is 4.98 Å². The Morgan fingerprint density at radius 2 is 2.14 bits per heavy atom. The molecule has 1 rings (SSSR count). The Kier molecular flexibility index (Phi) is 3.80. The van der Waals surface area contributed by atoms with Gasteiger partial charge < -0.3 is 5.32 Å². The van der Waals surface area contributed by atoms with E-state index in [1.54, 1.807) is 6.07 Å². The van der Waals surface area contributed by atoms with Crippen LogP contribution in [0.1, 0.15) is 12.5 Å². The highest BCUT2D eigenvalue weighted by Gasteiger charge is 2.14. The van der Waals surface area contributed by atoms with E-state index in [-0.39, 0.29) is 0 Å². The average molecular weight is 265 g/mol. The molecule has 0 aromatic carbocycles. The third-order valence-electron chi connectivity index (χ3n) is 1.79. The smallest absolute Gasteiger partial charge is 0.258 e. The van der Waals surface area contributed by atoms with Crippen LogP contribution >= 0.6 is 15.9 Å². The summed E-state index contributed by atoms with van der Waals surface area (Å²) in [6.45, 7) is 3.29. The molecule has 0 aliphatic rings. The minimum Gasteiger partial charge on any atom is -0.376 e. The van der Waals surface area contributed by atoms with Crippen molar-refractivity contribution >= 4 is 21.6 Å². The fraction of sp³-hybridized carbons (Fsp3) is 0.444. The molecule has 14 heavy (non-hydrogen) atoms. The molecule has 1 atom stereocenters. The first-order valence-electron chi connectivity index (χ1n) is 4.17. The van der Waals surface area contributed by atoms with Gasteiger partial charge >= 0.3 is 0 Å². The van der Waals surface area contributed by atoms with Gasteiger partial charge in [-0.05, 0) is 41.4 Å². The lowest BCUT2D eigenvalue weighted by Gasteiger charge is -2.14. The minimum atomic E-state index is -2.38. The molecule has 0 aliphatic heterocycles. The Hall–Kier alpha value is -0.710. The number of anilines is 1. The standard InChI is InChI=1S/C9H11BrF2N2/c1-5-3-7(4-13-8(5)10)14-6(2)9(11)12/h3-4,6,9,14H,1-2H3. The number of halogens is 3. The first-order valence-corrected chi connectivity index (χ1v) is 4.97. The summed E-state index contributed by atoms with van der Waals surface area (Å²) >= 11 is 3.24. The maximum Gasteiger partial charge on any atom is 0.258 e. The van der Waals surface area contributed by atoms with Crippen molar-refractivity contribution in [3.05, 3.63) is 22.4 Å². The van der Waals surface area contributed by atoms with Gasteiger partial charge in [0.15, 0.2) is 0 Å². The molecule has 1 unspecified atom stereocenters. The van der Waals surface area contributed by atoms with Crippen molar-refractivity contribution in [3.8, 4) is 0 Å². The van der Waals surface area contributed by atoms with Crippen LogP contribution in [0.25, 0.3) is 0 Å². The molecule has 0 saturated heterocycles. The Bertz CT molecular complexity index is 318. The van der Waals surface area contributed by atoms with E-state index in [2.05, 4.69) is 26.2 Å². The Labute approximate surface area is 89.9 Å². The highest BCUT2D eigenvalue weighted by Crippen LogP contribution is 2.18. The second-order valence-electron chi connectivity index (χ2n) is 3.10. The van der Waals surface area contributed by atoms with Crippen molar-refractivity contribution < 1.29 is 8.78 Å². The minimum absolute atomic E-state index is 0.610. The SMILES string of the molecule is Cc1cc(NC(C)C(F)F)cnc1Br. The van der Waals surface area contributed by atoms with Crippen LogP contribution in [-0.4, -0.2) is 17.5 Å². The van der Waals surface area contributed by atoms with E-state index >= 15 is 0 Å². The van der Waals surface area contributed by atoms with Crippen molar-refractivity contribution in [2.75, 3.05) is 5.32 Å². The summed E-state index contributed by atoms with van der Waals surface area (Å²) in [6.07, 6.45) is -0.852. The molecule has 1 N–H and O–H groups in total. The highest BCUT2D eigenvalue weighted by molar-refractivity contribution is 9.10. The van der Waals surface area contributed by atoms with Gasteiger partial charge in [-0.15, -0.1) is 0 Å². The number of nitrogens with one attached hydrogen (secondary N) is 1. The molecule has 78 valence electrons. The van der Waals surface area contributed by atoms with Crippen molar-refractivity contribution in [3.63, 3.8) is 0 Å². The van der Waals surface area contributed by atoms with Gasteiger partial charge in [-0.25, -0.2) is 13.8 Å². The lowest BCUT2D eigenvalue weighted by molar-refractivity contribution is 0.130. The van der Waals surface area contributed by atoms with E-state index < -0.39 is 12.5 Å². The quantitative estimate of drug-likeness (QED) is 0.849. The number of rotatable bonds is 3. The van der Waals surface area contributed by atoms with E-state index in [4.69, 9.17) is 0 Å². The second-order valence-corrected chi connectivity index (χ2v) is 3.85. The van der Waals surface area contributed by atoms with Crippen LogP contribution in [-0.2, 0) is 0 Å². The molecule has 0 fully saturated rings. The van der Waals surface area contributed by atoms with Crippen LogP contribution in [0.3, 0.4) is 0 Å². The molecule has 0 radical (unpaired) electrons. The van der Waals surface area contributed by atoms with Gasteiger partial charge in [0.1, 0.15) is 4.60 Å². The molecule has 5 heteroatoms. The van der Waals surface area contributed by atoms with E-state index in [1.165, 1.54) is 13.1 Å². The molecule has 0 spiro atoms. The van der Waals surface area contributed by atoms with Crippen LogP contribution in [0.4, 0.5) is 14.5 Å². The van der Waals surface area contributed by atoms with Gasteiger partial charge in [0, 0.05) is 0 Å². The topological polar surface area (TPSA) is 24.9 Å². The second kappa shape index (κ2) is 4.68. The number of hydrogen-bond acceptors (Lipinski definition) is 2. The van der Waals surface area contributed by atoms with Crippen LogP contribution < -0.4 is 5.32 Å². The van der Waals surface area contributed by atoms with E-state index in [0.717, 1.165) is 10.2 Å². The van der Waals surface area contributed by atoms with Gasteiger partial charge in [-0.2, -0.15) is 0 Å². The molecular weight excluding hydrogens is 254 g/mol. The summed E-state index contributed by atoms with van der Waals surface area (Å²) in [7, 11) is 0. The van der Waals surface area contributed by atoms with E-state index in [9.17, 15) is 8.78 Å². The zero-order valence-electron chi connectivity index (χ0n) is 7.89. The molecule has 0 saturated carbocycles.